The van der Waals surface area contributed by atoms with Crippen LogP contribution < -0.4 is 15.2 Å². The van der Waals surface area contributed by atoms with Crippen LogP contribution in [-0.2, 0) is 20.0 Å². The first-order valence-corrected chi connectivity index (χ1v) is 8.38. The Kier molecular flexibility index (Phi) is 4.68. The normalized spacial score (nSPS) is 12.5. The highest BCUT2D eigenvalue weighted by Crippen LogP contribution is 2.10. The second-order valence-electron chi connectivity index (χ2n) is 3.63. The molecule has 0 atom stereocenters. The molecule has 0 saturated heterocycles. The summed E-state index contributed by atoms with van der Waals surface area (Å²) in [5, 5.41) is 0. The van der Waals surface area contributed by atoms with Gasteiger partial charge in [0.05, 0.1) is 11.2 Å². The molecule has 0 bridgehead atoms. The van der Waals surface area contributed by atoms with Crippen LogP contribution in [0.3, 0.4) is 0 Å². The van der Waals surface area contributed by atoms with E-state index in [0.717, 1.165) is 6.26 Å². The van der Waals surface area contributed by atoms with Crippen LogP contribution in [0.2, 0.25) is 0 Å². The summed E-state index contributed by atoms with van der Waals surface area (Å²) in [5.41, 5.74) is 5.91. The summed E-state index contributed by atoms with van der Waals surface area (Å²) in [6.45, 7) is -0.0349. The Bertz CT molecular complexity index is 593. The van der Waals surface area contributed by atoms with E-state index in [9.17, 15) is 16.8 Å². The maximum absolute atomic E-state index is 11.7. The molecule has 0 saturated carbocycles. The van der Waals surface area contributed by atoms with Crippen molar-refractivity contribution in [1.82, 2.24) is 9.44 Å². The molecule has 0 amide bonds. The summed E-state index contributed by atoms with van der Waals surface area (Å²) in [6, 6.07) is 5.70. The molecule has 0 unspecified atom stereocenters. The van der Waals surface area contributed by atoms with Crippen LogP contribution in [0.1, 0.15) is 0 Å². The van der Waals surface area contributed by atoms with Crippen molar-refractivity contribution >= 4 is 25.7 Å². The maximum atomic E-state index is 11.7. The molecule has 0 heterocycles. The van der Waals surface area contributed by atoms with Gasteiger partial charge in [0, 0.05) is 18.8 Å². The molecule has 0 aromatic heterocycles. The van der Waals surface area contributed by atoms with E-state index in [2.05, 4.69) is 9.44 Å². The molecule has 0 aliphatic carbocycles. The number of benzene rings is 1. The number of nitrogens with two attached hydrogens (primary N) is 1. The molecule has 18 heavy (non-hydrogen) atoms. The zero-order valence-corrected chi connectivity index (χ0v) is 11.4. The van der Waals surface area contributed by atoms with Gasteiger partial charge in [-0.1, -0.05) is 0 Å². The lowest BCUT2D eigenvalue weighted by atomic mass is 10.3. The van der Waals surface area contributed by atoms with Crippen LogP contribution in [0.5, 0.6) is 0 Å². The highest BCUT2D eigenvalue weighted by molar-refractivity contribution is 7.89. The summed E-state index contributed by atoms with van der Waals surface area (Å²) in [6.07, 6.45) is 1.00. The predicted octanol–water partition coefficient (Wildman–Crippen LogP) is -0.904. The van der Waals surface area contributed by atoms with Crippen LogP contribution in [0.4, 0.5) is 5.69 Å². The summed E-state index contributed by atoms with van der Waals surface area (Å²) < 4.78 is 49.5. The smallest absolute Gasteiger partial charge is 0.240 e. The number of hydrogen-bond donors (Lipinski definition) is 3. The summed E-state index contributed by atoms with van der Waals surface area (Å²) >= 11 is 0. The minimum atomic E-state index is -3.64. The zero-order valence-electron chi connectivity index (χ0n) is 9.75. The summed E-state index contributed by atoms with van der Waals surface area (Å²) in [5.74, 6) is 0. The van der Waals surface area contributed by atoms with Crippen LogP contribution in [0.15, 0.2) is 29.2 Å². The maximum Gasteiger partial charge on any atom is 0.240 e. The average molecular weight is 293 g/mol. The standard InChI is InChI=1S/C9H15N3O4S2/c1-17(13,14)11-6-7-12-18(15,16)9-4-2-8(10)3-5-9/h2-5,11-12H,6-7,10H2,1H3. The first-order chi connectivity index (χ1) is 8.21. The molecule has 0 radical (unpaired) electrons. The van der Waals surface area contributed by atoms with E-state index in [1.807, 2.05) is 0 Å². The number of anilines is 1. The third-order valence-corrected chi connectivity index (χ3v) is 4.18. The van der Waals surface area contributed by atoms with Gasteiger partial charge in [-0.25, -0.2) is 26.3 Å². The molecule has 102 valence electrons. The van der Waals surface area contributed by atoms with Gasteiger partial charge in [-0.3, -0.25) is 0 Å². The Balaban J connectivity index is 2.58. The molecule has 1 aromatic carbocycles. The van der Waals surface area contributed by atoms with Gasteiger partial charge in [-0.2, -0.15) is 0 Å². The van der Waals surface area contributed by atoms with Crippen LogP contribution in [-0.4, -0.2) is 36.2 Å². The molecule has 1 aromatic rings. The predicted molar refractivity (Wildman–Crippen MR) is 68.9 cm³/mol. The Morgan fingerprint density at radius 3 is 2.00 bits per heavy atom. The van der Waals surface area contributed by atoms with Crippen LogP contribution in [0.25, 0.3) is 0 Å². The molecule has 0 aliphatic rings. The van der Waals surface area contributed by atoms with Crippen molar-refractivity contribution in [3.05, 3.63) is 24.3 Å². The van der Waals surface area contributed by atoms with E-state index in [0.29, 0.717) is 5.69 Å². The number of nitrogen functional groups attached to an aromatic ring is 1. The van der Waals surface area contributed by atoms with E-state index >= 15 is 0 Å². The van der Waals surface area contributed by atoms with Crippen molar-refractivity contribution < 1.29 is 16.8 Å². The minimum absolute atomic E-state index is 0.00691. The lowest BCUT2D eigenvalue weighted by Crippen LogP contribution is -2.34. The number of sulfonamides is 2. The van der Waals surface area contributed by atoms with Crippen molar-refractivity contribution in [2.45, 2.75) is 4.90 Å². The van der Waals surface area contributed by atoms with Crippen molar-refractivity contribution in [2.75, 3.05) is 25.1 Å². The summed E-state index contributed by atoms with van der Waals surface area (Å²) in [4.78, 5) is 0.0797. The van der Waals surface area contributed by atoms with Gasteiger partial charge in [0.2, 0.25) is 20.0 Å². The van der Waals surface area contributed by atoms with Gasteiger partial charge in [0.15, 0.2) is 0 Å². The fourth-order valence-electron chi connectivity index (χ4n) is 1.15. The van der Waals surface area contributed by atoms with Crippen LogP contribution >= 0.6 is 0 Å². The fourth-order valence-corrected chi connectivity index (χ4v) is 2.66. The Morgan fingerprint density at radius 2 is 1.50 bits per heavy atom. The number of nitrogens with one attached hydrogen (secondary N) is 2. The quantitative estimate of drug-likeness (QED) is 0.464. The molecule has 0 spiro atoms. The van der Waals surface area contributed by atoms with Gasteiger partial charge in [-0.15, -0.1) is 0 Å². The van der Waals surface area contributed by atoms with E-state index < -0.39 is 20.0 Å². The van der Waals surface area contributed by atoms with E-state index in [-0.39, 0.29) is 18.0 Å². The van der Waals surface area contributed by atoms with Crippen molar-refractivity contribution in [1.29, 1.82) is 0 Å². The lowest BCUT2D eigenvalue weighted by molar-refractivity contribution is 0.573. The van der Waals surface area contributed by atoms with Gasteiger partial charge >= 0.3 is 0 Å². The largest absolute Gasteiger partial charge is 0.399 e. The van der Waals surface area contributed by atoms with Crippen molar-refractivity contribution in [3.8, 4) is 0 Å². The zero-order chi connectivity index (χ0) is 13.8. The monoisotopic (exact) mass is 293 g/mol. The number of hydrogen-bond acceptors (Lipinski definition) is 5. The Labute approximate surface area is 106 Å². The van der Waals surface area contributed by atoms with Crippen molar-refractivity contribution in [2.24, 2.45) is 0 Å². The molecule has 0 aliphatic heterocycles. The molecule has 0 fully saturated rings. The van der Waals surface area contributed by atoms with E-state index in [4.69, 9.17) is 5.73 Å². The van der Waals surface area contributed by atoms with Gasteiger partial charge in [0.25, 0.3) is 0 Å². The summed E-state index contributed by atoms with van der Waals surface area (Å²) in [7, 11) is -6.95. The molecule has 7 nitrogen and oxygen atoms in total. The lowest BCUT2D eigenvalue weighted by Gasteiger charge is -2.07. The topological polar surface area (TPSA) is 118 Å². The molecular weight excluding hydrogens is 278 g/mol. The third-order valence-electron chi connectivity index (χ3n) is 1.97. The highest BCUT2D eigenvalue weighted by Gasteiger charge is 2.12. The fraction of sp³-hybridized carbons (Fsp3) is 0.333. The SMILES string of the molecule is CS(=O)(=O)NCCNS(=O)(=O)c1ccc(N)cc1. The van der Waals surface area contributed by atoms with Crippen molar-refractivity contribution in [3.63, 3.8) is 0 Å². The first-order valence-electron chi connectivity index (χ1n) is 5.00. The van der Waals surface area contributed by atoms with Gasteiger partial charge in [-0.05, 0) is 24.3 Å². The molecule has 4 N–H and O–H groups in total. The third kappa shape index (κ3) is 5.00. The first kappa shape index (κ1) is 14.9. The van der Waals surface area contributed by atoms with Crippen LogP contribution in [0, 0.1) is 0 Å². The second-order valence-corrected chi connectivity index (χ2v) is 7.23. The molecule has 9 heteroatoms. The van der Waals surface area contributed by atoms with Gasteiger partial charge in [0.1, 0.15) is 0 Å². The second kappa shape index (κ2) is 5.65. The average Bonchev–Trinajstić information content (AvgIpc) is 2.24. The molecule has 1 rings (SSSR count). The number of rotatable bonds is 6. The highest BCUT2D eigenvalue weighted by atomic mass is 32.2. The van der Waals surface area contributed by atoms with Gasteiger partial charge < -0.3 is 5.73 Å². The molecular formula is C9H15N3O4S2. The Morgan fingerprint density at radius 1 is 1.00 bits per heavy atom. The van der Waals surface area contributed by atoms with E-state index in [1.165, 1.54) is 24.3 Å². The Hall–Kier alpha value is -1.16. The minimum Gasteiger partial charge on any atom is -0.399 e. The van der Waals surface area contributed by atoms with E-state index in [1.54, 1.807) is 0 Å².